The molecule has 0 saturated heterocycles. The first-order chi connectivity index (χ1) is 56.5. The summed E-state index contributed by atoms with van der Waals surface area (Å²) >= 11 is 0. The second-order valence-electron chi connectivity index (χ2n) is 30.8. The zero-order valence-corrected chi connectivity index (χ0v) is 72.7. The second-order valence-corrected chi connectivity index (χ2v) is 30.8. The van der Waals surface area contributed by atoms with E-state index in [0.29, 0.717) is 87.7 Å². The van der Waals surface area contributed by atoms with E-state index in [2.05, 4.69) is 127 Å². The van der Waals surface area contributed by atoms with Crippen molar-refractivity contribution >= 4 is 0 Å². The van der Waals surface area contributed by atoms with Crippen LogP contribution in [0, 0.1) is 107 Å². The second kappa shape index (κ2) is 74.2. The van der Waals surface area contributed by atoms with Crippen LogP contribution in [0.25, 0.3) is 0 Å². The summed E-state index contributed by atoms with van der Waals surface area (Å²) in [5.41, 5.74) is 3.96. The van der Waals surface area contributed by atoms with E-state index in [4.69, 9.17) is 42.6 Å². The van der Waals surface area contributed by atoms with Crippen LogP contribution in [0.5, 0.6) is 34.5 Å². The fraction of sp³-hybridized carbons (Fsp3) is 0.657. The Morgan fingerprint density at radius 3 is 0.509 bits per heavy atom. The van der Waals surface area contributed by atoms with E-state index in [1.807, 2.05) is 36.4 Å². The number of methoxy groups -OCH3 is 3. The molecule has 3 aromatic carbocycles. The summed E-state index contributed by atoms with van der Waals surface area (Å²) in [6.07, 6.45) is 69.0. The first kappa shape index (κ1) is 98.7. The quantitative estimate of drug-likeness (QED) is 0.0244. The minimum Gasteiger partial charge on any atom is -0.490 e. The van der Waals surface area contributed by atoms with Crippen molar-refractivity contribution in [3.05, 3.63) is 69.8 Å². The van der Waals surface area contributed by atoms with Crippen LogP contribution in [-0.2, 0) is 14.2 Å². The van der Waals surface area contributed by atoms with Gasteiger partial charge < -0.3 is 42.6 Å². The van der Waals surface area contributed by atoms with Crippen molar-refractivity contribution in [2.24, 2.45) is 0 Å². The molecule has 3 aromatic rings. The molecule has 0 radical (unpaired) electrons. The number of unbranched alkanes of at least 4 members (excludes halogenated alkanes) is 51. The molecule has 0 atom stereocenters. The number of ether oxygens (including phenoxy) is 9. The summed E-state index contributed by atoms with van der Waals surface area (Å²) in [6.45, 7) is 8.49. The highest BCUT2D eigenvalue weighted by Crippen LogP contribution is 2.36. The van der Waals surface area contributed by atoms with Crippen LogP contribution < -0.4 is 28.4 Å². The van der Waals surface area contributed by atoms with Crippen molar-refractivity contribution in [2.45, 2.75) is 387 Å². The van der Waals surface area contributed by atoms with Crippen LogP contribution in [0.15, 0.2) is 36.4 Å². The first-order valence-corrected chi connectivity index (χ1v) is 45.8. The van der Waals surface area contributed by atoms with E-state index in [0.717, 1.165) is 116 Å². The zero-order valence-electron chi connectivity index (χ0n) is 72.7. The third-order valence-electron chi connectivity index (χ3n) is 20.5. The van der Waals surface area contributed by atoms with Gasteiger partial charge in [0.2, 0.25) is 0 Å². The summed E-state index contributed by atoms with van der Waals surface area (Å²) in [5.74, 6) is 62.3. The Hall–Kier alpha value is -7.62. The van der Waals surface area contributed by atoms with Gasteiger partial charge in [0.1, 0.15) is 0 Å². The maximum atomic E-state index is 6.59. The standard InChI is InChI=1S/C105H150O9/c1-7-10-13-16-19-22-25-28-31-34-37-40-43-46-49-52-55-58-61-64-67-70-73-82-109-100-85-94-76-79-98-89-104(113-92-107-5)102(111-84-75-72-69-66-63-60-57-54-51-48-45-42-39-36-33-30-27-24-21-18-15-12-9-3)87-96(98)78-81-99-90-105(114-93-108-6)101(86-95(99)77-80-97(94)88-103(100)112-91-106-4)110-83-74-71-68-65-62-59-56-53-50-47-44-41-38-35-32-29-26-23-20-17-14-11-8-2/h85-90H,7-33,46-75,82-84,91-93H2,1-6H3. The van der Waals surface area contributed by atoms with Gasteiger partial charge in [0.25, 0.3) is 0 Å². The number of hydrogen-bond acceptors (Lipinski definition) is 9. The van der Waals surface area contributed by atoms with Gasteiger partial charge in [-0.25, -0.2) is 0 Å². The predicted molar refractivity (Wildman–Crippen MR) is 478 cm³/mol. The number of benzene rings is 3. The molecule has 0 N–H and O–H groups in total. The van der Waals surface area contributed by atoms with E-state index in [1.165, 1.54) is 250 Å². The van der Waals surface area contributed by atoms with Gasteiger partial charge in [0, 0.05) is 130 Å². The Kier molecular flexibility index (Phi) is 64.3. The molecule has 9 heteroatoms. The molecular formula is C105H150O9. The molecule has 9 nitrogen and oxygen atoms in total. The highest BCUT2D eigenvalue weighted by molar-refractivity contribution is 5.68. The average molecular weight is 1560 g/mol. The topological polar surface area (TPSA) is 83.1 Å². The van der Waals surface area contributed by atoms with Crippen molar-refractivity contribution in [1.82, 2.24) is 0 Å². The Morgan fingerprint density at radius 2 is 0.342 bits per heavy atom. The van der Waals surface area contributed by atoms with E-state index < -0.39 is 0 Å². The van der Waals surface area contributed by atoms with Gasteiger partial charge >= 0.3 is 0 Å². The summed E-state index contributed by atoms with van der Waals surface area (Å²) in [6, 6.07) is 11.5. The fourth-order valence-corrected chi connectivity index (χ4v) is 13.6. The van der Waals surface area contributed by atoms with Crippen molar-refractivity contribution in [2.75, 3.05) is 61.5 Å². The van der Waals surface area contributed by atoms with E-state index >= 15 is 0 Å². The van der Waals surface area contributed by atoms with Gasteiger partial charge in [-0.15, -0.1) is 0 Å². The van der Waals surface area contributed by atoms with Crippen LogP contribution in [0.3, 0.4) is 0 Å². The van der Waals surface area contributed by atoms with Crippen molar-refractivity contribution in [1.29, 1.82) is 0 Å². The lowest BCUT2D eigenvalue weighted by Gasteiger charge is -2.15. The Labute approximate surface area is 697 Å². The summed E-state index contributed by atoms with van der Waals surface area (Å²) in [5, 5.41) is 0. The third-order valence-corrected chi connectivity index (χ3v) is 20.5. The average Bonchev–Trinajstić information content (AvgIpc) is 0.801. The molecule has 1 aliphatic rings. The zero-order chi connectivity index (χ0) is 80.8. The van der Waals surface area contributed by atoms with Gasteiger partial charge in [-0.1, -0.05) is 361 Å². The van der Waals surface area contributed by atoms with Crippen molar-refractivity contribution in [3.63, 3.8) is 0 Å². The van der Waals surface area contributed by atoms with Gasteiger partial charge in [0.15, 0.2) is 54.9 Å². The van der Waals surface area contributed by atoms with Gasteiger partial charge in [-0.2, -0.15) is 0 Å². The highest BCUT2D eigenvalue weighted by Gasteiger charge is 2.17. The molecule has 0 fully saturated rings. The number of hydrogen-bond donors (Lipinski definition) is 0. The normalized spacial score (nSPS) is 10.7. The Balaban J connectivity index is 1.41. The largest absolute Gasteiger partial charge is 0.490 e. The Bertz CT molecular complexity index is 3210. The molecular weight excluding hydrogens is 1410 g/mol. The van der Waals surface area contributed by atoms with Crippen molar-refractivity contribution in [3.8, 4) is 141 Å². The molecule has 624 valence electrons. The maximum absolute atomic E-state index is 6.59. The van der Waals surface area contributed by atoms with Crippen molar-refractivity contribution < 1.29 is 42.6 Å². The maximum Gasteiger partial charge on any atom is 0.188 e. The minimum atomic E-state index is 0.0297. The van der Waals surface area contributed by atoms with Crippen LogP contribution in [-0.4, -0.2) is 61.5 Å². The number of rotatable bonds is 69. The van der Waals surface area contributed by atoms with E-state index in [-0.39, 0.29) is 20.4 Å². The minimum absolute atomic E-state index is 0.0297. The van der Waals surface area contributed by atoms with Crippen LogP contribution >= 0.6 is 0 Å². The highest BCUT2D eigenvalue weighted by atomic mass is 16.7. The molecule has 0 bridgehead atoms. The van der Waals surface area contributed by atoms with Crippen LogP contribution in [0.4, 0.5) is 0 Å². The summed E-state index contributed by atoms with van der Waals surface area (Å²) in [7, 11) is 4.84. The lowest BCUT2D eigenvalue weighted by atomic mass is 10.0. The van der Waals surface area contributed by atoms with E-state index in [1.54, 1.807) is 21.3 Å². The fourth-order valence-electron chi connectivity index (χ4n) is 13.6. The lowest BCUT2D eigenvalue weighted by molar-refractivity contribution is 0.0484. The lowest BCUT2D eigenvalue weighted by Crippen LogP contribution is -2.06. The smallest absolute Gasteiger partial charge is 0.188 e. The van der Waals surface area contributed by atoms with Gasteiger partial charge in [-0.3, -0.25) is 0 Å². The molecule has 0 aliphatic heterocycles. The molecule has 114 heavy (non-hydrogen) atoms. The predicted octanol–water partition coefficient (Wildman–Crippen LogP) is 27.6. The Morgan fingerprint density at radius 1 is 0.193 bits per heavy atom. The monoisotopic (exact) mass is 1560 g/mol. The SMILES string of the molecule is CCCCCCCCCCC#CC#CCCCCCCCCCCCOc1cc2c(cc1OCOC)C#Cc1cc(OCCCCCCCCCCCC#CC#CCCCCCCCCCC)c(OCOC)cc1C#Cc1cc(OCCCCCCCCCCCC#CC#CCCCCCCCCCC)c(OCOC)cc1C#C2. The molecule has 0 aromatic heterocycles. The van der Waals surface area contributed by atoms with E-state index in [9.17, 15) is 0 Å². The molecule has 0 saturated carbocycles. The molecule has 4 rings (SSSR count). The van der Waals surface area contributed by atoms with Crippen LogP contribution in [0.1, 0.15) is 420 Å². The first-order valence-electron chi connectivity index (χ1n) is 45.8. The molecule has 0 amide bonds. The molecule has 0 heterocycles. The molecule has 0 spiro atoms. The van der Waals surface area contributed by atoms with Gasteiger partial charge in [-0.05, 0) is 93.3 Å². The molecule has 1 aliphatic carbocycles. The number of fused-ring (bicyclic) bond motifs is 3. The molecule has 0 unspecified atom stereocenters. The summed E-state index contributed by atoms with van der Waals surface area (Å²) in [4.78, 5) is 0. The van der Waals surface area contributed by atoms with Crippen LogP contribution in [0.2, 0.25) is 0 Å². The van der Waals surface area contributed by atoms with Gasteiger partial charge in [0.05, 0.1) is 19.8 Å². The third kappa shape index (κ3) is 52.8. The summed E-state index contributed by atoms with van der Waals surface area (Å²) < 4.78 is 54.8.